The van der Waals surface area contributed by atoms with Crippen LogP contribution in [-0.2, 0) is 10.3 Å². The second kappa shape index (κ2) is 4.35. The Hall–Kier alpha value is -1.59. The Bertz CT molecular complexity index is 434. The van der Waals surface area contributed by atoms with Crippen LogP contribution in [0.4, 0.5) is 10.5 Å². The molecule has 5 nitrogen and oxygen atoms in total. The fraction of sp³-hybridized carbons (Fsp3) is 0.417. The van der Waals surface area contributed by atoms with Crippen molar-refractivity contribution in [3.8, 4) is 0 Å². The quantitative estimate of drug-likeness (QED) is 0.799. The molecule has 0 saturated heterocycles. The average molecular weight is 237 g/mol. The number of fused-ring (bicyclic) bond motifs is 1. The molecule has 5 heteroatoms. The van der Waals surface area contributed by atoms with Crippen molar-refractivity contribution < 1.29 is 19.7 Å². The van der Waals surface area contributed by atoms with E-state index in [1.165, 1.54) is 4.90 Å². The number of aliphatic hydroxyl groups excluding tert-OH is 1. The molecule has 1 aromatic rings. The van der Waals surface area contributed by atoms with Gasteiger partial charge in [0, 0.05) is 5.56 Å². The molecule has 1 heterocycles. The lowest BCUT2D eigenvalue weighted by Gasteiger charge is -2.21. The predicted molar refractivity (Wildman–Crippen MR) is 61.8 cm³/mol. The summed E-state index contributed by atoms with van der Waals surface area (Å²) in [6, 6.07) is 6.95. The molecule has 17 heavy (non-hydrogen) atoms. The highest BCUT2D eigenvalue weighted by atomic mass is 16.6. The summed E-state index contributed by atoms with van der Waals surface area (Å²) >= 11 is 0. The van der Waals surface area contributed by atoms with Crippen molar-refractivity contribution in [2.75, 3.05) is 24.7 Å². The lowest BCUT2D eigenvalue weighted by atomic mass is 9.97. The van der Waals surface area contributed by atoms with Gasteiger partial charge in [-0.05, 0) is 13.0 Å². The van der Waals surface area contributed by atoms with E-state index in [9.17, 15) is 15.0 Å². The number of carbonyl (C=O) groups is 1. The van der Waals surface area contributed by atoms with Gasteiger partial charge in [-0.25, -0.2) is 4.79 Å². The number of para-hydroxylation sites is 1. The van der Waals surface area contributed by atoms with Crippen LogP contribution in [0.3, 0.4) is 0 Å². The molecule has 0 radical (unpaired) electrons. The molecule has 1 aliphatic rings. The Morgan fingerprint density at radius 3 is 2.88 bits per heavy atom. The Kier molecular flexibility index (Phi) is 3.04. The lowest BCUT2D eigenvalue weighted by Crippen LogP contribution is -2.39. The summed E-state index contributed by atoms with van der Waals surface area (Å²) in [7, 11) is 0. The van der Waals surface area contributed by atoms with Crippen molar-refractivity contribution in [2.24, 2.45) is 0 Å². The summed E-state index contributed by atoms with van der Waals surface area (Å²) in [5, 5.41) is 19.5. The van der Waals surface area contributed by atoms with Crippen LogP contribution in [0.1, 0.15) is 12.5 Å². The van der Waals surface area contributed by atoms with Crippen molar-refractivity contribution in [1.82, 2.24) is 0 Å². The zero-order valence-electron chi connectivity index (χ0n) is 9.59. The van der Waals surface area contributed by atoms with E-state index in [0.717, 1.165) is 0 Å². The van der Waals surface area contributed by atoms with Crippen LogP contribution in [0, 0.1) is 0 Å². The zero-order valence-corrected chi connectivity index (χ0v) is 9.59. The molecule has 0 aromatic heterocycles. The molecule has 0 spiro atoms. The summed E-state index contributed by atoms with van der Waals surface area (Å²) in [5.74, 6) is 0. The van der Waals surface area contributed by atoms with Gasteiger partial charge in [-0.2, -0.15) is 0 Å². The van der Waals surface area contributed by atoms with Gasteiger partial charge in [0.25, 0.3) is 0 Å². The number of β-amino-alcohol motifs (C(OH)–C–C–N with tert-alkyl or cyclic N) is 1. The van der Waals surface area contributed by atoms with Gasteiger partial charge < -0.3 is 14.9 Å². The van der Waals surface area contributed by atoms with Crippen LogP contribution in [-0.4, -0.2) is 36.1 Å². The van der Waals surface area contributed by atoms with Crippen LogP contribution in [0.25, 0.3) is 0 Å². The third kappa shape index (κ3) is 1.87. The normalized spacial score (nSPS) is 22.4. The van der Waals surface area contributed by atoms with Gasteiger partial charge in [0.15, 0.2) is 0 Å². The predicted octanol–water partition coefficient (Wildman–Crippen LogP) is 0.843. The van der Waals surface area contributed by atoms with E-state index >= 15 is 0 Å². The molecule has 0 saturated carbocycles. The first kappa shape index (κ1) is 11.9. The number of nitrogens with zero attached hydrogens (tertiary/aromatic N) is 1. The largest absolute Gasteiger partial charge is 0.449 e. The van der Waals surface area contributed by atoms with Crippen LogP contribution < -0.4 is 4.90 Å². The van der Waals surface area contributed by atoms with E-state index < -0.39 is 18.3 Å². The number of benzene rings is 1. The van der Waals surface area contributed by atoms with Gasteiger partial charge in [-0.3, -0.25) is 4.90 Å². The van der Waals surface area contributed by atoms with Gasteiger partial charge in [0.1, 0.15) is 5.60 Å². The molecule has 1 atom stereocenters. The van der Waals surface area contributed by atoms with Gasteiger partial charge in [-0.1, -0.05) is 18.2 Å². The first-order valence-corrected chi connectivity index (χ1v) is 5.49. The summed E-state index contributed by atoms with van der Waals surface area (Å²) in [5.41, 5.74) is -0.262. The van der Waals surface area contributed by atoms with Crippen molar-refractivity contribution >= 4 is 11.8 Å². The van der Waals surface area contributed by atoms with E-state index in [4.69, 9.17) is 4.74 Å². The van der Waals surface area contributed by atoms with E-state index in [1.54, 1.807) is 31.2 Å². The third-order valence-corrected chi connectivity index (χ3v) is 2.87. The number of hydrogen-bond acceptors (Lipinski definition) is 4. The fourth-order valence-corrected chi connectivity index (χ4v) is 2.03. The molecular weight excluding hydrogens is 222 g/mol. The maximum atomic E-state index is 11.7. The molecule has 1 amide bonds. The molecule has 0 fully saturated rings. The minimum atomic E-state index is -1.40. The number of rotatable bonds is 2. The minimum Gasteiger partial charge on any atom is -0.449 e. The molecular formula is C12H15NO4. The summed E-state index contributed by atoms with van der Waals surface area (Å²) in [4.78, 5) is 13.1. The summed E-state index contributed by atoms with van der Waals surface area (Å²) in [6.07, 6.45) is -0.510. The van der Waals surface area contributed by atoms with E-state index in [1.807, 2.05) is 0 Å². The number of ether oxygens (including phenoxy) is 1. The van der Waals surface area contributed by atoms with E-state index in [2.05, 4.69) is 0 Å². The van der Waals surface area contributed by atoms with E-state index in [-0.39, 0.29) is 13.2 Å². The number of carbonyl (C=O) groups excluding carboxylic acids is 1. The SMILES string of the molecule is CCOC(=O)N1CC(O)(CO)c2ccccc21. The molecule has 2 N–H and O–H groups in total. The lowest BCUT2D eigenvalue weighted by molar-refractivity contribution is -0.00487. The number of anilines is 1. The molecule has 92 valence electrons. The monoisotopic (exact) mass is 237 g/mol. The van der Waals surface area contributed by atoms with Crippen LogP contribution in [0.5, 0.6) is 0 Å². The Morgan fingerprint density at radius 1 is 1.53 bits per heavy atom. The second-order valence-corrected chi connectivity index (χ2v) is 3.99. The smallest absolute Gasteiger partial charge is 0.414 e. The topological polar surface area (TPSA) is 70.0 Å². The van der Waals surface area contributed by atoms with Gasteiger partial charge in [0.2, 0.25) is 0 Å². The first-order chi connectivity index (χ1) is 8.12. The maximum absolute atomic E-state index is 11.7. The standard InChI is InChI=1S/C12H15NO4/c1-2-17-11(15)13-7-12(16,8-14)9-5-3-4-6-10(9)13/h3-6,14,16H,2,7-8H2,1H3. The molecule has 0 aliphatic carbocycles. The Morgan fingerprint density at radius 2 is 2.24 bits per heavy atom. The van der Waals surface area contributed by atoms with Crippen LogP contribution in [0.2, 0.25) is 0 Å². The highest BCUT2D eigenvalue weighted by Crippen LogP contribution is 2.38. The van der Waals surface area contributed by atoms with Crippen molar-refractivity contribution in [3.63, 3.8) is 0 Å². The molecule has 0 bridgehead atoms. The minimum absolute atomic E-state index is 0.0156. The molecule has 1 aliphatic heterocycles. The van der Waals surface area contributed by atoms with Gasteiger partial charge in [-0.15, -0.1) is 0 Å². The highest BCUT2D eigenvalue weighted by Gasteiger charge is 2.43. The number of amides is 1. The average Bonchev–Trinajstić information content (AvgIpc) is 2.65. The number of aliphatic hydroxyl groups is 2. The van der Waals surface area contributed by atoms with Crippen LogP contribution in [0.15, 0.2) is 24.3 Å². The van der Waals surface area contributed by atoms with Gasteiger partial charge >= 0.3 is 6.09 Å². The molecule has 1 aromatic carbocycles. The second-order valence-electron chi connectivity index (χ2n) is 3.99. The van der Waals surface area contributed by atoms with E-state index in [0.29, 0.717) is 11.3 Å². The van der Waals surface area contributed by atoms with Crippen LogP contribution >= 0.6 is 0 Å². The summed E-state index contributed by atoms with van der Waals surface area (Å²) in [6.45, 7) is 1.58. The highest BCUT2D eigenvalue weighted by molar-refractivity contribution is 5.91. The number of hydrogen-bond donors (Lipinski definition) is 2. The molecule has 2 rings (SSSR count). The summed E-state index contributed by atoms with van der Waals surface area (Å²) < 4.78 is 4.91. The van der Waals surface area contributed by atoms with Crippen molar-refractivity contribution in [2.45, 2.75) is 12.5 Å². The van der Waals surface area contributed by atoms with Crippen molar-refractivity contribution in [1.29, 1.82) is 0 Å². The maximum Gasteiger partial charge on any atom is 0.414 e. The Labute approximate surface area is 99.2 Å². The Balaban J connectivity index is 2.38. The fourth-order valence-electron chi connectivity index (χ4n) is 2.03. The van der Waals surface area contributed by atoms with Gasteiger partial charge in [0.05, 0.1) is 25.4 Å². The third-order valence-electron chi connectivity index (χ3n) is 2.87. The first-order valence-electron chi connectivity index (χ1n) is 5.49. The zero-order chi connectivity index (χ0) is 12.5. The molecule has 1 unspecified atom stereocenters. The van der Waals surface area contributed by atoms with Crippen molar-refractivity contribution in [3.05, 3.63) is 29.8 Å².